The molecule has 1 aliphatic heterocycles. The summed E-state index contributed by atoms with van der Waals surface area (Å²) in [5.74, 6) is 0.516. The number of carbonyl (C=O) groups is 2. The molecule has 1 aliphatic carbocycles. The number of hydrazine groups is 1. The average Bonchev–Trinajstić information content (AvgIpc) is 3.45. The first-order chi connectivity index (χ1) is 17.5. The highest BCUT2D eigenvalue weighted by Crippen LogP contribution is 2.35. The van der Waals surface area contributed by atoms with Crippen molar-refractivity contribution in [2.75, 3.05) is 7.11 Å². The van der Waals surface area contributed by atoms with Gasteiger partial charge in [-0.2, -0.15) is 5.01 Å². The van der Waals surface area contributed by atoms with Crippen molar-refractivity contribution < 1.29 is 19.1 Å². The third-order valence-corrected chi connectivity index (χ3v) is 8.43. The number of thiocarbonyl (C=S) groups is 1. The van der Waals surface area contributed by atoms with Crippen LogP contribution in [0, 0.1) is 0 Å². The van der Waals surface area contributed by atoms with Gasteiger partial charge in [0.1, 0.15) is 6.61 Å². The summed E-state index contributed by atoms with van der Waals surface area (Å²) >= 11 is 8.17. The fourth-order valence-electron chi connectivity index (χ4n) is 4.19. The molecular weight excluding hydrogens is 513 g/mol. The fourth-order valence-corrected chi connectivity index (χ4v) is 6.50. The molecule has 2 aromatic carbocycles. The summed E-state index contributed by atoms with van der Waals surface area (Å²) in [4.78, 5) is 27.7. The molecule has 1 saturated heterocycles. The number of carbonyl (C=O) groups excluding carboxylic acids is 2. The molecule has 0 unspecified atom stereocenters. The van der Waals surface area contributed by atoms with Gasteiger partial charge in [-0.3, -0.25) is 15.0 Å². The van der Waals surface area contributed by atoms with Crippen molar-refractivity contribution in [2.45, 2.75) is 32.3 Å². The zero-order valence-electron chi connectivity index (χ0n) is 19.6. The van der Waals surface area contributed by atoms with Crippen molar-refractivity contribution in [3.05, 3.63) is 85.9 Å². The number of hydrogen-bond acceptors (Lipinski definition) is 7. The van der Waals surface area contributed by atoms with Crippen LogP contribution in [0.25, 0.3) is 6.08 Å². The van der Waals surface area contributed by atoms with Gasteiger partial charge in [-0.15, -0.1) is 11.3 Å². The zero-order valence-corrected chi connectivity index (χ0v) is 22.1. The lowest BCUT2D eigenvalue weighted by molar-refractivity contribution is -0.123. The normalized spacial score (nSPS) is 16.2. The lowest BCUT2D eigenvalue weighted by Gasteiger charge is -2.17. The molecule has 36 heavy (non-hydrogen) atoms. The van der Waals surface area contributed by atoms with Crippen LogP contribution in [-0.2, 0) is 24.2 Å². The molecule has 1 fully saturated rings. The number of amides is 2. The first-order valence-electron chi connectivity index (χ1n) is 11.6. The first kappa shape index (κ1) is 24.5. The molecule has 1 N–H and O–H groups in total. The van der Waals surface area contributed by atoms with E-state index in [1.54, 1.807) is 24.5 Å². The number of methoxy groups -OCH3 is 1. The molecule has 2 aliphatic rings. The van der Waals surface area contributed by atoms with Gasteiger partial charge in [0.2, 0.25) is 0 Å². The van der Waals surface area contributed by atoms with E-state index in [9.17, 15) is 9.59 Å². The Bertz CT molecular complexity index is 1350. The largest absolute Gasteiger partial charge is 0.493 e. The van der Waals surface area contributed by atoms with Crippen LogP contribution in [0.2, 0.25) is 0 Å². The number of fused-ring (bicyclic) bond motifs is 1. The van der Waals surface area contributed by atoms with Gasteiger partial charge in [0.25, 0.3) is 11.8 Å². The number of nitrogens with zero attached hydrogens (tertiary/aromatic N) is 1. The molecule has 0 bridgehead atoms. The van der Waals surface area contributed by atoms with Gasteiger partial charge in [-0.1, -0.05) is 48.2 Å². The van der Waals surface area contributed by atoms with Crippen molar-refractivity contribution in [1.29, 1.82) is 0 Å². The average molecular weight is 537 g/mol. The second kappa shape index (κ2) is 10.9. The molecular formula is C27H24N2O4S3. The van der Waals surface area contributed by atoms with E-state index in [0.29, 0.717) is 32.9 Å². The van der Waals surface area contributed by atoms with E-state index in [-0.39, 0.29) is 11.8 Å². The van der Waals surface area contributed by atoms with Crippen LogP contribution in [0.1, 0.15) is 44.8 Å². The molecule has 9 heteroatoms. The quantitative estimate of drug-likeness (QED) is 0.306. The lowest BCUT2D eigenvalue weighted by Crippen LogP contribution is -2.45. The van der Waals surface area contributed by atoms with E-state index in [1.807, 2.05) is 53.9 Å². The van der Waals surface area contributed by atoms with Crippen molar-refractivity contribution in [2.24, 2.45) is 0 Å². The number of hydrogen-bond donors (Lipinski definition) is 1. The first-order valence-corrected chi connectivity index (χ1v) is 13.7. The molecule has 0 saturated carbocycles. The van der Waals surface area contributed by atoms with Crippen molar-refractivity contribution in [1.82, 2.24) is 10.4 Å². The van der Waals surface area contributed by atoms with Gasteiger partial charge < -0.3 is 9.47 Å². The smallest absolute Gasteiger partial charge is 0.285 e. The van der Waals surface area contributed by atoms with Crippen molar-refractivity contribution in [3.8, 4) is 11.5 Å². The fraction of sp³-hybridized carbons (Fsp3) is 0.222. The highest BCUT2D eigenvalue weighted by Gasteiger charge is 2.34. The van der Waals surface area contributed by atoms with Gasteiger partial charge in [-0.25, -0.2) is 0 Å². The standard InChI is InChI=1S/C27H24N2O4S3/c1-32-22-13-18(11-12-21(22)33-15-17-7-3-2-4-8-17)14-24-26(31)29(27(34)36-24)28-25(30)20-16-35-23-10-6-5-9-19(20)23/h2-4,7-8,11-14,16H,5-6,9-10,15H2,1H3,(H,28,30)/b24-14-. The Labute approximate surface area is 223 Å². The van der Waals surface area contributed by atoms with Gasteiger partial charge in [0, 0.05) is 10.3 Å². The van der Waals surface area contributed by atoms with E-state index in [2.05, 4.69) is 5.43 Å². The van der Waals surface area contributed by atoms with Gasteiger partial charge in [0.05, 0.1) is 17.6 Å². The Morgan fingerprint density at radius 1 is 1.14 bits per heavy atom. The van der Waals surface area contributed by atoms with Gasteiger partial charge >= 0.3 is 0 Å². The number of aryl methyl sites for hydroxylation is 1. The Balaban J connectivity index is 1.28. The van der Waals surface area contributed by atoms with Crippen molar-refractivity contribution >= 4 is 57.5 Å². The highest BCUT2D eigenvalue weighted by atomic mass is 32.2. The van der Waals surface area contributed by atoms with E-state index in [0.717, 1.165) is 59.1 Å². The number of thiophene rings is 1. The van der Waals surface area contributed by atoms with E-state index in [1.165, 1.54) is 4.88 Å². The molecule has 0 atom stereocenters. The maximum atomic E-state index is 13.1. The highest BCUT2D eigenvalue weighted by molar-refractivity contribution is 8.26. The summed E-state index contributed by atoms with van der Waals surface area (Å²) in [6, 6.07) is 15.4. The number of rotatable bonds is 7. The van der Waals surface area contributed by atoms with Gasteiger partial charge in [0.15, 0.2) is 15.8 Å². The molecule has 184 valence electrons. The molecule has 2 amide bonds. The second-order valence-electron chi connectivity index (χ2n) is 8.40. The predicted molar refractivity (Wildman–Crippen MR) is 147 cm³/mol. The minimum absolute atomic E-state index is 0.290. The van der Waals surface area contributed by atoms with Crippen LogP contribution in [0.4, 0.5) is 0 Å². The summed E-state index contributed by atoms with van der Waals surface area (Å²) in [6.45, 7) is 0.419. The number of nitrogens with one attached hydrogen (secondary N) is 1. The molecule has 1 aromatic heterocycles. The van der Waals surface area contributed by atoms with E-state index >= 15 is 0 Å². The molecule has 0 spiro atoms. The van der Waals surface area contributed by atoms with Crippen molar-refractivity contribution in [3.63, 3.8) is 0 Å². The third kappa shape index (κ3) is 5.18. The summed E-state index contributed by atoms with van der Waals surface area (Å²) in [7, 11) is 1.58. The second-order valence-corrected chi connectivity index (χ2v) is 11.0. The Kier molecular flexibility index (Phi) is 7.41. The maximum Gasteiger partial charge on any atom is 0.285 e. The number of ether oxygens (including phenoxy) is 2. The van der Waals surface area contributed by atoms with Crippen LogP contribution in [0.3, 0.4) is 0 Å². The summed E-state index contributed by atoms with van der Waals surface area (Å²) in [6.07, 6.45) is 5.87. The van der Waals surface area contributed by atoms with Crippen LogP contribution < -0.4 is 14.9 Å². The van der Waals surface area contributed by atoms with Crippen LogP contribution in [0.15, 0.2) is 58.8 Å². The SMILES string of the molecule is COc1cc(/C=C2\SC(=S)N(NC(=O)c3csc4c3CCCC4)C2=O)ccc1OCc1ccccc1. The number of benzene rings is 2. The third-order valence-electron chi connectivity index (χ3n) is 6.04. The summed E-state index contributed by atoms with van der Waals surface area (Å²) < 4.78 is 11.7. The monoisotopic (exact) mass is 536 g/mol. The minimum Gasteiger partial charge on any atom is -0.493 e. The predicted octanol–water partition coefficient (Wildman–Crippen LogP) is 5.76. The van der Waals surface area contributed by atoms with Crippen LogP contribution in [0.5, 0.6) is 11.5 Å². The van der Waals surface area contributed by atoms with Crippen LogP contribution >= 0.6 is 35.3 Å². The summed E-state index contributed by atoms with van der Waals surface area (Å²) in [5.41, 5.74) is 6.27. The molecule has 2 heterocycles. The minimum atomic E-state index is -0.356. The molecule has 5 rings (SSSR count). The Morgan fingerprint density at radius 3 is 2.75 bits per heavy atom. The Hall–Kier alpha value is -3.14. The lowest BCUT2D eigenvalue weighted by atomic mass is 9.96. The van der Waals surface area contributed by atoms with Gasteiger partial charge in [-0.05, 0) is 72.8 Å². The molecule has 3 aromatic rings. The maximum absolute atomic E-state index is 13.1. The molecule has 0 radical (unpaired) electrons. The Morgan fingerprint density at radius 2 is 1.94 bits per heavy atom. The van der Waals surface area contributed by atoms with E-state index < -0.39 is 0 Å². The molecule has 6 nitrogen and oxygen atoms in total. The zero-order chi connectivity index (χ0) is 25.1. The topological polar surface area (TPSA) is 67.9 Å². The van der Waals surface area contributed by atoms with Crippen LogP contribution in [-0.4, -0.2) is 28.3 Å². The van der Waals surface area contributed by atoms with E-state index in [4.69, 9.17) is 21.7 Å². The summed E-state index contributed by atoms with van der Waals surface area (Å²) in [5, 5.41) is 3.04. The number of thioether (sulfide) groups is 1.